The molecule has 1 unspecified atom stereocenters. The first-order chi connectivity index (χ1) is 8.66. The molecule has 0 spiro atoms. The third-order valence-corrected chi connectivity index (χ3v) is 2.61. The van der Waals surface area contributed by atoms with Gasteiger partial charge < -0.3 is 14.2 Å². The van der Waals surface area contributed by atoms with Crippen molar-refractivity contribution in [2.45, 2.75) is 25.7 Å². The minimum absolute atomic E-state index is 0.319. The summed E-state index contributed by atoms with van der Waals surface area (Å²) in [6.45, 7) is 1.71. The molecule has 0 aromatic heterocycles. The van der Waals surface area contributed by atoms with E-state index < -0.39 is 24.1 Å². The van der Waals surface area contributed by atoms with Gasteiger partial charge in [0.25, 0.3) is 0 Å². The summed E-state index contributed by atoms with van der Waals surface area (Å²) in [6, 6.07) is 9.54. The molecule has 0 bridgehead atoms. The van der Waals surface area contributed by atoms with Crippen molar-refractivity contribution < 1.29 is 23.8 Å². The molecular weight excluding hydrogens is 236 g/mol. The fourth-order valence-electron chi connectivity index (χ4n) is 1.61. The second-order valence-corrected chi connectivity index (χ2v) is 4.02. The second kappa shape index (κ2) is 5.64. The first-order valence-corrected chi connectivity index (χ1v) is 5.68. The highest BCUT2D eigenvalue weighted by atomic mass is 16.6. The summed E-state index contributed by atoms with van der Waals surface area (Å²) in [6.07, 6.45) is -1.52. The number of rotatable bonds is 4. The molecule has 0 radical (unpaired) electrons. The molecule has 0 saturated carbocycles. The van der Waals surface area contributed by atoms with Gasteiger partial charge in [-0.05, 0) is 12.5 Å². The Morgan fingerprint density at radius 1 is 1.33 bits per heavy atom. The van der Waals surface area contributed by atoms with Gasteiger partial charge >= 0.3 is 11.9 Å². The Labute approximate surface area is 105 Å². The Hall–Kier alpha value is -1.88. The predicted molar refractivity (Wildman–Crippen MR) is 61.5 cm³/mol. The molecular formula is C13H14O5. The number of carbonyl (C=O) groups is 2. The summed E-state index contributed by atoms with van der Waals surface area (Å²) in [5.74, 6) is -1.11. The molecule has 96 valence electrons. The molecule has 1 aromatic carbocycles. The van der Waals surface area contributed by atoms with E-state index in [1.165, 1.54) is 0 Å². The van der Waals surface area contributed by atoms with Gasteiger partial charge in [0, 0.05) is 0 Å². The summed E-state index contributed by atoms with van der Waals surface area (Å²) in [7, 11) is 0. The van der Waals surface area contributed by atoms with Crippen LogP contribution in [0.15, 0.2) is 30.3 Å². The van der Waals surface area contributed by atoms with E-state index in [0.717, 1.165) is 5.56 Å². The van der Waals surface area contributed by atoms with Crippen molar-refractivity contribution in [3.8, 4) is 0 Å². The molecule has 1 saturated heterocycles. The highest BCUT2D eigenvalue weighted by Gasteiger charge is 2.35. The van der Waals surface area contributed by atoms with Crippen LogP contribution in [0.1, 0.15) is 12.5 Å². The maximum atomic E-state index is 11.4. The summed E-state index contributed by atoms with van der Waals surface area (Å²) >= 11 is 0. The maximum absolute atomic E-state index is 11.4. The zero-order chi connectivity index (χ0) is 13.0. The monoisotopic (exact) mass is 250 g/mol. The van der Waals surface area contributed by atoms with Gasteiger partial charge in [-0.3, -0.25) is 0 Å². The van der Waals surface area contributed by atoms with Crippen LogP contribution in [0.5, 0.6) is 0 Å². The molecule has 1 heterocycles. The molecule has 2 rings (SSSR count). The number of cyclic esters (lactones) is 2. The molecule has 1 aliphatic rings. The molecule has 0 N–H and O–H groups in total. The third-order valence-electron chi connectivity index (χ3n) is 2.61. The molecule has 5 nitrogen and oxygen atoms in total. The molecule has 2 atom stereocenters. The van der Waals surface area contributed by atoms with E-state index in [1.807, 2.05) is 30.3 Å². The Kier molecular flexibility index (Phi) is 3.94. The highest BCUT2D eigenvalue weighted by Crippen LogP contribution is 2.13. The number of benzene rings is 1. The Bertz CT molecular complexity index is 428. The van der Waals surface area contributed by atoms with Crippen molar-refractivity contribution in [2.24, 2.45) is 0 Å². The molecule has 1 fully saturated rings. The lowest BCUT2D eigenvalue weighted by Crippen LogP contribution is -2.44. The van der Waals surface area contributed by atoms with Crippen molar-refractivity contribution in [3.63, 3.8) is 0 Å². The van der Waals surface area contributed by atoms with Crippen molar-refractivity contribution in [1.29, 1.82) is 0 Å². The van der Waals surface area contributed by atoms with Crippen molar-refractivity contribution in [1.82, 2.24) is 0 Å². The lowest BCUT2D eigenvalue weighted by molar-refractivity contribution is -0.194. The van der Waals surface area contributed by atoms with E-state index >= 15 is 0 Å². The first-order valence-electron chi connectivity index (χ1n) is 5.68. The van der Waals surface area contributed by atoms with Gasteiger partial charge in [0.2, 0.25) is 6.10 Å². The van der Waals surface area contributed by atoms with Gasteiger partial charge in [0.15, 0.2) is 6.61 Å². The Balaban J connectivity index is 1.89. The summed E-state index contributed by atoms with van der Waals surface area (Å²) in [5.41, 5.74) is 0.986. The molecule has 5 heteroatoms. The fraction of sp³-hybridized carbons (Fsp3) is 0.385. The number of hydrogen-bond acceptors (Lipinski definition) is 5. The lowest BCUT2D eigenvalue weighted by atomic mass is 10.2. The maximum Gasteiger partial charge on any atom is 0.350 e. The van der Waals surface area contributed by atoms with Gasteiger partial charge in [0.1, 0.15) is 6.10 Å². The molecule has 1 aromatic rings. The smallest absolute Gasteiger partial charge is 0.350 e. The van der Waals surface area contributed by atoms with E-state index in [4.69, 9.17) is 9.47 Å². The molecule has 1 aliphatic heterocycles. The average Bonchev–Trinajstić information content (AvgIpc) is 2.40. The highest BCUT2D eigenvalue weighted by molar-refractivity contribution is 5.85. The molecule has 0 amide bonds. The van der Waals surface area contributed by atoms with E-state index in [2.05, 4.69) is 4.74 Å². The predicted octanol–water partition coefficient (Wildman–Crippen LogP) is 1.06. The van der Waals surface area contributed by atoms with Gasteiger partial charge in [-0.1, -0.05) is 30.3 Å². The van der Waals surface area contributed by atoms with Gasteiger partial charge in [-0.25, -0.2) is 9.59 Å². The molecule has 0 aliphatic carbocycles. The summed E-state index contributed by atoms with van der Waals surface area (Å²) in [5, 5.41) is 0. The summed E-state index contributed by atoms with van der Waals surface area (Å²) < 4.78 is 15.1. The largest absolute Gasteiger partial charge is 0.451 e. The Morgan fingerprint density at radius 2 is 2.06 bits per heavy atom. The van der Waals surface area contributed by atoms with Crippen LogP contribution in [0.3, 0.4) is 0 Å². The van der Waals surface area contributed by atoms with Crippen LogP contribution in [-0.4, -0.2) is 30.8 Å². The van der Waals surface area contributed by atoms with Gasteiger partial charge in [0.05, 0.1) is 6.61 Å². The van der Waals surface area contributed by atoms with Crippen LogP contribution < -0.4 is 0 Å². The first kappa shape index (κ1) is 12.6. The summed E-state index contributed by atoms with van der Waals surface area (Å²) in [4.78, 5) is 22.5. The van der Waals surface area contributed by atoms with Crippen LogP contribution in [0.4, 0.5) is 0 Å². The number of esters is 2. The number of ether oxygens (including phenoxy) is 3. The van der Waals surface area contributed by atoms with Gasteiger partial charge in [-0.15, -0.1) is 0 Å². The zero-order valence-corrected chi connectivity index (χ0v) is 10.00. The normalized spacial score (nSPS) is 21.1. The minimum atomic E-state index is -0.977. The van der Waals surface area contributed by atoms with E-state index in [9.17, 15) is 9.59 Å². The second-order valence-electron chi connectivity index (χ2n) is 4.02. The SMILES string of the molecule is CC(OCc1ccccc1)[C@@H]1OC(=O)COC1=O. The van der Waals surface area contributed by atoms with Crippen LogP contribution in [0.25, 0.3) is 0 Å². The topological polar surface area (TPSA) is 61.8 Å². The van der Waals surface area contributed by atoms with E-state index in [0.29, 0.717) is 6.61 Å². The zero-order valence-electron chi connectivity index (χ0n) is 10.00. The van der Waals surface area contributed by atoms with Crippen molar-refractivity contribution in [2.75, 3.05) is 6.61 Å². The van der Waals surface area contributed by atoms with Crippen LogP contribution in [-0.2, 0) is 30.4 Å². The average molecular weight is 250 g/mol. The lowest BCUT2D eigenvalue weighted by Gasteiger charge is -2.26. The van der Waals surface area contributed by atoms with E-state index in [1.54, 1.807) is 6.92 Å². The van der Waals surface area contributed by atoms with Crippen LogP contribution in [0.2, 0.25) is 0 Å². The van der Waals surface area contributed by atoms with Crippen molar-refractivity contribution >= 4 is 11.9 Å². The molecule has 18 heavy (non-hydrogen) atoms. The third kappa shape index (κ3) is 3.07. The van der Waals surface area contributed by atoms with Gasteiger partial charge in [-0.2, -0.15) is 0 Å². The van der Waals surface area contributed by atoms with Crippen LogP contribution >= 0.6 is 0 Å². The van der Waals surface area contributed by atoms with Crippen LogP contribution in [0, 0.1) is 0 Å². The standard InChI is InChI=1S/C13H14O5/c1-9(12-13(15)17-8-11(14)18-12)16-7-10-5-3-2-4-6-10/h2-6,9,12H,7-8H2,1H3/t9?,12-/m0/s1. The minimum Gasteiger partial charge on any atom is -0.451 e. The Morgan fingerprint density at radius 3 is 2.78 bits per heavy atom. The number of hydrogen-bond donors (Lipinski definition) is 0. The van der Waals surface area contributed by atoms with Crippen molar-refractivity contribution in [3.05, 3.63) is 35.9 Å². The quantitative estimate of drug-likeness (QED) is 0.748. The fourth-order valence-corrected chi connectivity index (χ4v) is 1.61. The number of carbonyl (C=O) groups excluding carboxylic acids is 2. The van der Waals surface area contributed by atoms with E-state index in [-0.39, 0.29) is 6.61 Å².